The Labute approximate surface area is 111 Å². The molecule has 2 aliphatic carbocycles. The molecule has 0 aromatic carbocycles. The normalized spacial score (nSPS) is 29.1. The number of hydrogen-bond donors (Lipinski definition) is 1. The highest BCUT2D eigenvalue weighted by Crippen LogP contribution is 2.72. The largest absolute Gasteiger partial charge is 0.344 e. The van der Waals surface area contributed by atoms with Gasteiger partial charge in [-0.2, -0.15) is 0 Å². The fourth-order valence-electron chi connectivity index (χ4n) is 4.13. The van der Waals surface area contributed by atoms with Gasteiger partial charge in [-0.05, 0) is 48.6 Å². The molecule has 1 unspecified atom stereocenters. The lowest BCUT2D eigenvalue weighted by molar-refractivity contribution is 0.457. The van der Waals surface area contributed by atoms with Crippen LogP contribution in [0.25, 0.3) is 0 Å². The van der Waals surface area contributed by atoms with Gasteiger partial charge in [-0.25, -0.2) is 0 Å². The van der Waals surface area contributed by atoms with Gasteiger partial charge >= 0.3 is 0 Å². The van der Waals surface area contributed by atoms with Crippen molar-refractivity contribution in [2.45, 2.75) is 66.0 Å². The third-order valence-electron chi connectivity index (χ3n) is 5.90. The van der Waals surface area contributed by atoms with Gasteiger partial charge in [0, 0.05) is 23.5 Å². The van der Waals surface area contributed by atoms with Crippen LogP contribution >= 0.6 is 0 Å². The molecule has 0 bridgehead atoms. The summed E-state index contributed by atoms with van der Waals surface area (Å²) >= 11 is 0. The number of rotatable bonds is 1. The fraction of sp³-hybridized carbons (Fsp3) is 0.750. The van der Waals surface area contributed by atoms with Crippen LogP contribution in [0, 0.1) is 17.8 Å². The first-order chi connectivity index (χ1) is 8.28. The molecule has 3 rings (SSSR count). The Hall–Kier alpha value is -0.760. The molecule has 2 heteroatoms. The van der Waals surface area contributed by atoms with Crippen molar-refractivity contribution in [2.24, 2.45) is 16.6 Å². The zero-order chi connectivity index (χ0) is 13.3. The minimum atomic E-state index is 0.263. The fourth-order valence-corrected chi connectivity index (χ4v) is 4.13. The molecule has 2 N–H and O–H groups in total. The second-order valence-electron chi connectivity index (χ2n) is 7.40. The van der Waals surface area contributed by atoms with Crippen LogP contribution in [0.4, 0.5) is 0 Å². The van der Waals surface area contributed by atoms with Crippen molar-refractivity contribution in [2.75, 3.05) is 0 Å². The highest BCUT2D eigenvalue weighted by atomic mass is 15.1. The number of aryl methyl sites for hydroxylation is 1. The molecule has 100 valence electrons. The minimum absolute atomic E-state index is 0.263. The van der Waals surface area contributed by atoms with Crippen molar-refractivity contribution in [1.82, 2.24) is 4.57 Å². The smallest absolute Gasteiger partial charge is 0.0449 e. The van der Waals surface area contributed by atoms with Crippen molar-refractivity contribution in [3.05, 3.63) is 23.0 Å². The second kappa shape index (κ2) is 3.41. The molecule has 18 heavy (non-hydrogen) atoms. The first-order valence-electron chi connectivity index (χ1n) is 7.24. The SMILES string of the molecule is Cc1cc2c(n1C1C(C)(C)C1(C)C)CCCC2N. The van der Waals surface area contributed by atoms with Crippen molar-refractivity contribution in [3.63, 3.8) is 0 Å². The Morgan fingerprint density at radius 2 is 1.83 bits per heavy atom. The van der Waals surface area contributed by atoms with Gasteiger partial charge in [-0.1, -0.05) is 27.7 Å². The summed E-state index contributed by atoms with van der Waals surface area (Å²) in [4.78, 5) is 0. The summed E-state index contributed by atoms with van der Waals surface area (Å²) in [6, 6.07) is 3.24. The third kappa shape index (κ3) is 1.33. The van der Waals surface area contributed by atoms with Gasteiger partial charge in [-0.3, -0.25) is 0 Å². The molecule has 1 atom stereocenters. The van der Waals surface area contributed by atoms with Crippen LogP contribution in [0.15, 0.2) is 6.07 Å². The maximum absolute atomic E-state index is 6.27. The van der Waals surface area contributed by atoms with Crippen LogP contribution < -0.4 is 5.73 Å². The molecule has 0 radical (unpaired) electrons. The van der Waals surface area contributed by atoms with Gasteiger partial charge in [0.15, 0.2) is 0 Å². The molecule has 2 nitrogen and oxygen atoms in total. The zero-order valence-corrected chi connectivity index (χ0v) is 12.4. The molecule has 1 aromatic rings. The second-order valence-corrected chi connectivity index (χ2v) is 7.40. The predicted octanol–water partition coefficient (Wildman–Crippen LogP) is 3.74. The van der Waals surface area contributed by atoms with Crippen molar-refractivity contribution < 1.29 is 0 Å². The number of fused-ring (bicyclic) bond motifs is 1. The van der Waals surface area contributed by atoms with Crippen LogP contribution in [0.5, 0.6) is 0 Å². The van der Waals surface area contributed by atoms with E-state index < -0.39 is 0 Å². The van der Waals surface area contributed by atoms with Crippen molar-refractivity contribution in [1.29, 1.82) is 0 Å². The lowest BCUT2D eigenvalue weighted by atomic mass is 9.93. The lowest BCUT2D eigenvalue weighted by Gasteiger charge is -2.22. The highest BCUT2D eigenvalue weighted by Gasteiger charge is 2.66. The summed E-state index contributed by atoms with van der Waals surface area (Å²) in [6.07, 6.45) is 3.60. The minimum Gasteiger partial charge on any atom is -0.344 e. The summed E-state index contributed by atoms with van der Waals surface area (Å²) in [5.41, 5.74) is 11.4. The molecular formula is C16H26N2. The molecule has 2 aliphatic rings. The molecule has 1 heterocycles. The lowest BCUT2D eigenvalue weighted by Crippen LogP contribution is -2.19. The highest BCUT2D eigenvalue weighted by molar-refractivity contribution is 5.36. The molecule has 0 amide bonds. The topological polar surface area (TPSA) is 30.9 Å². The van der Waals surface area contributed by atoms with Gasteiger partial charge in [0.2, 0.25) is 0 Å². The van der Waals surface area contributed by atoms with Crippen LogP contribution in [-0.2, 0) is 6.42 Å². The number of aromatic nitrogens is 1. The van der Waals surface area contributed by atoms with Crippen LogP contribution in [0.3, 0.4) is 0 Å². The van der Waals surface area contributed by atoms with E-state index in [1.807, 2.05) is 0 Å². The predicted molar refractivity (Wildman–Crippen MR) is 75.6 cm³/mol. The first kappa shape index (κ1) is 12.3. The Kier molecular flexibility index (Phi) is 2.33. The maximum Gasteiger partial charge on any atom is 0.0449 e. The van der Waals surface area contributed by atoms with Crippen molar-refractivity contribution in [3.8, 4) is 0 Å². The van der Waals surface area contributed by atoms with Gasteiger partial charge in [-0.15, -0.1) is 0 Å². The Morgan fingerprint density at radius 1 is 1.22 bits per heavy atom. The summed E-state index contributed by atoms with van der Waals surface area (Å²) in [6.45, 7) is 11.8. The Bertz CT molecular complexity index is 479. The molecule has 0 spiro atoms. The van der Waals surface area contributed by atoms with Crippen LogP contribution in [0.2, 0.25) is 0 Å². The van der Waals surface area contributed by atoms with Gasteiger partial charge in [0.1, 0.15) is 0 Å². The molecule has 0 aliphatic heterocycles. The summed E-state index contributed by atoms with van der Waals surface area (Å²) in [7, 11) is 0. The van der Waals surface area contributed by atoms with E-state index in [4.69, 9.17) is 5.73 Å². The number of hydrogen-bond acceptors (Lipinski definition) is 1. The standard InChI is InChI=1S/C16H26N2/c1-10-9-11-12(17)7-6-8-13(11)18(10)14-15(2,3)16(14,4)5/h9,12,14H,6-8,17H2,1-5H3. The van der Waals surface area contributed by atoms with Crippen LogP contribution in [0.1, 0.15) is 69.6 Å². The first-order valence-corrected chi connectivity index (χ1v) is 7.24. The monoisotopic (exact) mass is 246 g/mol. The van der Waals surface area contributed by atoms with Crippen LogP contribution in [-0.4, -0.2) is 4.57 Å². The average molecular weight is 246 g/mol. The quantitative estimate of drug-likeness (QED) is 0.804. The number of nitrogens with two attached hydrogens (primary N) is 1. The average Bonchev–Trinajstić information content (AvgIpc) is 2.55. The van der Waals surface area contributed by atoms with E-state index in [1.54, 1.807) is 0 Å². The van der Waals surface area contributed by atoms with Gasteiger partial charge in [0.05, 0.1) is 0 Å². The molecule has 1 saturated carbocycles. The Balaban J connectivity index is 2.10. The van der Waals surface area contributed by atoms with E-state index in [-0.39, 0.29) is 6.04 Å². The van der Waals surface area contributed by atoms with E-state index >= 15 is 0 Å². The van der Waals surface area contributed by atoms with E-state index in [2.05, 4.69) is 45.3 Å². The maximum atomic E-state index is 6.27. The molecule has 1 fully saturated rings. The molecule has 1 aromatic heterocycles. The zero-order valence-electron chi connectivity index (χ0n) is 12.4. The summed E-state index contributed by atoms with van der Waals surface area (Å²) < 4.78 is 2.61. The van der Waals surface area contributed by atoms with E-state index in [0.29, 0.717) is 16.9 Å². The van der Waals surface area contributed by atoms with Crippen molar-refractivity contribution >= 4 is 0 Å². The van der Waals surface area contributed by atoms with E-state index in [1.165, 1.54) is 29.8 Å². The summed E-state index contributed by atoms with van der Waals surface area (Å²) in [5, 5.41) is 0. The molecular weight excluding hydrogens is 220 g/mol. The third-order valence-corrected chi connectivity index (χ3v) is 5.90. The molecule has 0 saturated heterocycles. The van der Waals surface area contributed by atoms with E-state index in [0.717, 1.165) is 6.42 Å². The van der Waals surface area contributed by atoms with E-state index in [9.17, 15) is 0 Å². The summed E-state index contributed by atoms with van der Waals surface area (Å²) in [5.74, 6) is 0. The number of nitrogens with zero attached hydrogens (tertiary/aromatic N) is 1. The van der Waals surface area contributed by atoms with Gasteiger partial charge in [0.25, 0.3) is 0 Å². The van der Waals surface area contributed by atoms with Gasteiger partial charge < -0.3 is 10.3 Å². The Morgan fingerprint density at radius 3 is 2.39 bits per heavy atom.